The van der Waals surface area contributed by atoms with Gasteiger partial charge in [0, 0.05) is 13.1 Å². The predicted molar refractivity (Wildman–Crippen MR) is 62.8 cm³/mol. The summed E-state index contributed by atoms with van der Waals surface area (Å²) in [7, 11) is 3.12. The van der Waals surface area contributed by atoms with Crippen LogP contribution >= 0.6 is 0 Å². The zero-order valence-corrected chi connectivity index (χ0v) is 10.0. The number of morpholine rings is 1. The first-order chi connectivity index (χ1) is 8.27. The minimum Gasteiger partial charge on any atom is -0.507 e. The summed E-state index contributed by atoms with van der Waals surface area (Å²) in [5, 5.41) is 13.2. The van der Waals surface area contributed by atoms with Gasteiger partial charge in [-0.25, -0.2) is 0 Å². The van der Waals surface area contributed by atoms with Gasteiger partial charge in [-0.3, -0.25) is 0 Å². The molecule has 1 aromatic carbocycles. The van der Waals surface area contributed by atoms with Crippen molar-refractivity contribution < 1.29 is 19.3 Å². The Hall–Kier alpha value is -1.46. The molecule has 0 bridgehead atoms. The number of rotatable bonds is 3. The summed E-state index contributed by atoms with van der Waals surface area (Å²) in [6, 6.07) is 3.27. The predicted octanol–water partition coefficient (Wildman–Crippen LogP) is 1.07. The Morgan fingerprint density at radius 3 is 2.76 bits per heavy atom. The Kier molecular flexibility index (Phi) is 3.71. The highest BCUT2D eigenvalue weighted by atomic mass is 16.5. The van der Waals surface area contributed by atoms with Gasteiger partial charge in [0.05, 0.1) is 26.4 Å². The number of phenolic OH excluding ortho intramolecular Hbond substituents is 1. The highest BCUT2D eigenvalue weighted by Crippen LogP contribution is 2.41. The van der Waals surface area contributed by atoms with Gasteiger partial charge < -0.3 is 24.6 Å². The normalized spacial score (nSPS) is 20.0. The van der Waals surface area contributed by atoms with Crippen LogP contribution in [0.2, 0.25) is 0 Å². The molecular weight excluding hydrogens is 222 g/mol. The summed E-state index contributed by atoms with van der Waals surface area (Å²) < 4.78 is 16.1. The molecule has 0 amide bonds. The minimum absolute atomic E-state index is 0.163. The van der Waals surface area contributed by atoms with Gasteiger partial charge in [0.15, 0.2) is 11.5 Å². The standard InChI is InChI=1S/C12H17NO4/c1-15-9-4-3-8(14)11(12(9)16-2)10-7-13-5-6-17-10/h3-4,10,13-14H,5-7H2,1-2H3. The van der Waals surface area contributed by atoms with Crippen molar-refractivity contribution in [2.45, 2.75) is 6.10 Å². The van der Waals surface area contributed by atoms with Crippen LogP contribution in [-0.4, -0.2) is 39.0 Å². The summed E-state index contributed by atoms with van der Waals surface area (Å²) in [6.45, 7) is 2.09. The SMILES string of the molecule is COc1ccc(O)c(C2CNCCO2)c1OC. The molecule has 0 aromatic heterocycles. The van der Waals surface area contributed by atoms with E-state index >= 15 is 0 Å². The van der Waals surface area contributed by atoms with Crippen LogP contribution in [0, 0.1) is 0 Å². The molecule has 2 rings (SSSR count). The molecule has 0 aliphatic carbocycles. The molecule has 1 unspecified atom stereocenters. The van der Waals surface area contributed by atoms with Crippen molar-refractivity contribution in [3.8, 4) is 17.2 Å². The topological polar surface area (TPSA) is 60.0 Å². The zero-order valence-electron chi connectivity index (χ0n) is 10.0. The number of hydrogen-bond acceptors (Lipinski definition) is 5. The quantitative estimate of drug-likeness (QED) is 0.826. The number of hydrogen-bond donors (Lipinski definition) is 2. The van der Waals surface area contributed by atoms with E-state index < -0.39 is 0 Å². The van der Waals surface area contributed by atoms with Crippen LogP contribution in [0.4, 0.5) is 0 Å². The van der Waals surface area contributed by atoms with Gasteiger partial charge in [-0.05, 0) is 12.1 Å². The fourth-order valence-corrected chi connectivity index (χ4v) is 2.00. The first-order valence-electron chi connectivity index (χ1n) is 5.54. The largest absolute Gasteiger partial charge is 0.507 e. The van der Waals surface area contributed by atoms with Crippen LogP contribution in [-0.2, 0) is 4.74 Å². The van der Waals surface area contributed by atoms with Crippen LogP contribution < -0.4 is 14.8 Å². The molecule has 17 heavy (non-hydrogen) atoms. The van der Waals surface area contributed by atoms with E-state index in [9.17, 15) is 5.11 Å². The zero-order chi connectivity index (χ0) is 12.3. The van der Waals surface area contributed by atoms with Crippen molar-refractivity contribution in [2.75, 3.05) is 33.9 Å². The van der Waals surface area contributed by atoms with E-state index in [-0.39, 0.29) is 11.9 Å². The minimum atomic E-state index is -0.214. The maximum Gasteiger partial charge on any atom is 0.170 e. The van der Waals surface area contributed by atoms with Crippen molar-refractivity contribution >= 4 is 0 Å². The van der Waals surface area contributed by atoms with Gasteiger partial charge in [-0.15, -0.1) is 0 Å². The number of ether oxygens (including phenoxy) is 3. The summed E-state index contributed by atoms with van der Waals surface area (Å²) in [4.78, 5) is 0. The number of phenols is 1. The maximum absolute atomic E-state index is 9.95. The first-order valence-corrected chi connectivity index (χ1v) is 5.54. The maximum atomic E-state index is 9.95. The molecule has 5 nitrogen and oxygen atoms in total. The van der Waals surface area contributed by atoms with Crippen molar-refractivity contribution in [2.24, 2.45) is 0 Å². The molecule has 5 heteroatoms. The lowest BCUT2D eigenvalue weighted by Crippen LogP contribution is -2.33. The number of nitrogens with one attached hydrogen (secondary N) is 1. The van der Waals surface area contributed by atoms with Crippen LogP contribution in [0.3, 0.4) is 0 Å². The summed E-state index contributed by atoms with van der Waals surface area (Å²) >= 11 is 0. The molecule has 0 spiro atoms. The molecule has 1 aliphatic heterocycles. The third-order valence-corrected chi connectivity index (χ3v) is 2.81. The van der Waals surface area contributed by atoms with Crippen molar-refractivity contribution in [1.29, 1.82) is 0 Å². The molecule has 1 atom stereocenters. The molecule has 1 heterocycles. The smallest absolute Gasteiger partial charge is 0.170 e. The molecule has 1 fully saturated rings. The Morgan fingerprint density at radius 1 is 1.35 bits per heavy atom. The molecule has 1 aliphatic rings. The Balaban J connectivity index is 2.41. The number of benzene rings is 1. The Labute approximate surface area is 100 Å². The van der Waals surface area contributed by atoms with Crippen molar-refractivity contribution in [3.63, 3.8) is 0 Å². The van der Waals surface area contributed by atoms with Gasteiger partial charge in [0.2, 0.25) is 0 Å². The summed E-state index contributed by atoms with van der Waals surface area (Å²) in [5.74, 6) is 1.28. The highest BCUT2D eigenvalue weighted by Gasteiger charge is 2.25. The highest BCUT2D eigenvalue weighted by molar-refractivity contribution is 5.54. The van der Waals surface area contributed by atoms with Gasteiger partial charge in [-0.1, -0.05) is 0 Å². The van der Waals surface area contributed by atoms with Crippen LogP contribution in [0.5, 0.6) is 17.2 Å². The van der Waals surface area contributed by atoms with E-state index in [1.165, 1.54) is 0 Å². The van der Waals surface area contributed by atoms with Crippen LogP contribution in [0.25, 0.3) is 0 Å². The molecule has 2 N–H and O–H groups in total. The molecule has 0 saturated carbocycles. The van der Waals surface area contributed by atoms with Gasteiger partial charge >= 0.3 is 0 Å². The lowest BCUT2D eigenvalue weighted by atomic mass is 10.0. The van der Waals surface area contributed by atoms with E-state index in [4.69, 9.17) is 14.2 Å². The second kappa shape index (κ2) is 5.25. The average molecular weight is 239 g/mol. The van der Waals surface area contributed by atoms with E-state index in [2.05, 4.69) is 5.32 Å². The van der Waals surface area contributed by atoms with Gasteiger partial charge in [-0.2, -0.15) is 0 Å². The van der Waals surface area contributed by atoms with Gasteiger partial charge in [0.25, 0.3) is 0 Å². The summed E-state index contributed by atoms with van der Waals surface area (Å²) in [5.41, 5.74) is 0.638. The summed E-state index contributed by atoms with van der Waals surface area (Å²) in [6.07, 6.45) is -0.214. The molecule has 94 valence electrons. The van der Waals surface area contributed by atoms with Crippen molar-refractivity contribution in [1.82, 2.24) is 5.32 Å². The Bertz CT molecular complexity index is 388. The van der Waals surface area contributed by atoms with E-state index in [1.54, 1.807) is 26.4 Å². The number of methoxy groups -OCH3 is 2. The fourth-order valence-electron chi connectivity index (χ4n) is 2.00. The monoisotopic (exact) mass is 239 g/mol. The third kappa shape index (κ3) is 2.30. The molecule has 1 aromatic rings. The van der Waals surface area contributed by atoms with Crippen LogP contribution in [0.15, 0.2) is 12.1 Å². The van der Waals surface area contributed by atoms with Crippen molar-refractivity contribution in [3.05, 3.63) is 17.7 Å². The molecular formula is C12H17NO4. The van der Waals surface area contributed by atoms with E-state index in [0.717, 1.165) is 6.54 Å². The average Bonchev–Trinajstić information content (AvgIpc) is 2.39. The van der Waals surface area contributed by atoms with Crippen LogP contribution in [0.1, 0.15) is 11.7 Å². The first kappa shape index (κ1) is 12.0. The lowest BCUT2D eigenvalue weighted by molar-refractivity contribution is 0.0246. The molecule has 0 radical (unpaired) electrons. The fraction of sp³-hybridized carbons (Fsp3) is 0.500. The van der Waals surface area contributed by atoms with Gasteiger partial charge in [0.1, 0.15) is 11.9 Å². The second-order valence-electron chi connectivity index (χ2n) is 3.80. The lowest BCUT2D eigenvalue weighted by Gasteiger charge is -2.26. The number of aromatic hydroxyl groups is 1. The second-order valence-corrected chi connectivity index (χ2v) is 3.80. The van der Waals surface area contributed by atoms with E-state index in [0.29, 0.717) is 30.2 Å². The Morgan fingerprint density at radius 2 is 2.18 bits per heavy atom. The third-order valence-electron chi connectivity index (χ3n) is 2.81. The molecule has 1 saturated heterocycles. The van der Waals surface area contributed by atoms with E-state index in [1.807, 2.05) is 0 Å².